The summed E-state index contributed by atoms with van der Waals surface area (Å²) in [6, 6.07) is 0. The highest BCUT2D eigenvalue weighted by Crippen LogP contribution is 2.41. The van der Waals surface area contributed by atoms with Gasteiger partial charge in [0.05, 0.1) is 34.9 Å². The van der Waals surface area contributed by atoms with Gasteiger partial charge < -0.3 is 18.6 Å². The molecule has 8 heteroatoms. The second-order valence-electron chi connectivity index (χ2n) is 12.8. The van der Waals surface area contributed by atoms with Crippen LogP contribution >= 0.6 is 23.5 Å². The predicted octanol–water partition coefficient (Wildman–Crippen LogP) is 7.24. The molecule has 1 fully saturated rings. The van der Waals surface area contributed by atoms with Crippen molar-refractivity contribution < 1.29 is 23.4 Å². The Morgan fingerprint density at radius 2 is 1.46 bits per heavy atom. The number of hydrogen-bond acceptors (Lipinski definition) is 7. The Hall–Kier alpha value is 0.267. The fourth-order valence-electron chi connectivity index (χ4n) is 3.85. The third-order valence-corrected chi connectivity index (χ3v) is 15.2. The molecule has 0 unspecified atom stereocenters. The van der Waals surface area contributed by atoms with Crippen molar-refractivity contribution in [2.45, 2.75) is 116 Å². The zero-order chi connectivity index (χ0) is 27.0. The number of methoxy groups -OCH3 is 2. The van der Waals surface area contributed by atoms with Crippen molar-refractivity contribution in [2.24, 2.45) is 17.3 Å². The van der Waals surface area contributed by atoms with Gasteiger partial charge in [-0.1, -0.05) is 34.6 Å². The highest BCUT2D eigenvalue weighted by molar-refractivity contribution is 8.17. The Morgan fingerprint density at radius 1 is 0.943 bits per heavy atom. The number of carbonyl (C=O) groups excluding carboxylic acids is 1. The minimum absolute atomic E-state index is 0.0588. The van der Waals surface area contributed by atoms with E-state index in [0.29, 0.717) is 17.1 Å². The summed E-state index contributed by atoms with van der Waals surface area (Å²) in [6.45, 7) is 21.9. The van der Waals surface area contributed by atoms with E-state index in [9.17, 15) is 4.79 Å². The normalized spacial score (nSPS) is 20.7. The zero-order valence-electron chi connectivity index (χ0n) is 24.6. The molecule has 0 saturated carbocycles. The van der Waals surface area contributed by atoms with Crippen LogP contribution in [0.2, 0.25) is 18.1 Å². The first-order chi connectivity index (χ1) is 16.0. The molecule has 0 aromatic carbocycles. The van der Waals surface area contributed by atoms with Crippen molar-refractivity contribution in [2.75, 3.05) is 32.3 Å². The molecule has 0 radical (unpaired) electrons. The van der Waals surface area contributed by atoms with Crippen LogP contribution in [0.1, 0.15) is 74.7 Å². The van der Waals surface area contributed by atoms with Gasteiger partial charge in [0.15, 0.2) is 8.32 Å². The lowest BCUT2D eigenvalue weighted by molar-refractivity contribution is -0.155. The first-order valence-corrected chi connectivity index (χ1v) is 18.2. The highest BCUT2D eigenvalue weighted by atomic mass is 32.2. The molecule has 1 aliphatic heterocycles. The van der Waals surface area contributed by atoms with Gasteiger partial charge in [-0.25, -0.2) is 0 Å². The van der Waals surface area contributed by atoms with Gasteiger partial charge in [0.25, 0.3) is 0 Å². The van der Waals surface area contributed by atoms with E-state index in [1.54, 1.807) is 7.11 Å². The number of hydrogen-bond donors (Lipinski definition) is 0. The third kappa shape index (κ3) is 10.9. The molecule has 0 aromatic rings. The third-order valence-electron chi connectivity index (χ3n) is 7.24. The van der Waals surface area contributed by atoms with Crippen LogP contribution in [-0.4, -0.2) is 69.5 Å². The maximum absolute atomic E-state index is 12.3. The predicted molar refractivity (Wildman–Crippen MR) is 155 cm³/mol. The van der Waals surface area contributed by atoms with Crippen LogP contribution in [0.15, 0.2) is 0 Å². The zero-order valence-corrected chi connectivity index (χ0v) is 27.2. The Balaban J connectivity index is 3.07. The Bertz CT molecular complexity index is 626. The Kier molecular flexibility index (Phi) is 13.7. The summed E-state index contributed by atoms with van der Waals surface area (Å²) in [4.78, 5) is 12.3. The van der Waals surface area contributed by atoms with Crippen LogP contribution in [0.4, 0.5) is 0 Å². The number of thioether (sulfide) groups is 2. The lowest BCUT2D eigenvalue weighted by Gasteiger charge is -2.44. The van der Waals surface area contributed by atoms with Gasteiger partial charge >= 0.3 is 5.97 Å². The summed E-state index contributed by atoms with van der Waals surface area (Å²) in [5.74, 6) is 2.99. The topological polar surface area (TPSA) is 54.0 Å². The summed E-state index contributed by atoms with van der Waals surface area (Å²) in [5.41, 5.74) is -0.499. The summed E-state index contributed by atoms with van der Waals surface area (Å²) < 4.78 is 25.5. The summed E-state index contributed by atoms with van der Waals surface area (Å²) in [5, 5.41) is 0.0797. The van der Waals surface area contributed by atoms with Gasteiger partial charge in [-0.05, 0) is 81.5 Å². The first kappa shape index (κ1) is 33.3. The molecule has 1 heterocycles. The largest absolute Gasteiger partial charge is 0.465 e. The molecule has 35 heavy (non-hydrogen) atoms. The van der Waals surface area contributed by atoms with E-state index in [2.05, 4.69) is 71.2 Å². The standard InChI is InChI=1S/C27H54O5S2Si/c1-19(18-31-25(28)26(3,4)5)16-21(29-9)23(32-35(11,12)27(6,7)8)22(30-10)17-20(2)24-33-14-13-15-34-24/h19-24H,13-18H2,1-12H3/t19-,20-,21+,22+,23-/m1/s1. The number of esters is 1. The smallest absolute Gasteiger partial charge is 0.311 e. The van der Waals surface area contributed by atoms with Crippen molar-refractivity contribution in [3.05, 3.63) is 0 Å². The lowest BCUT2D eigenvalue weighted by Crippen LogP contribution is -2.53. The molecule has 0 amide bonds. The molecule has 5 nitrogen and oxygen atoms in total. The van der Waals surface area contributed by atoms with Crippen LogP contribution in [0.25, 0.3) is 0 Å². The van der Waals surface area contributed by atoms with Crippen molar-refractivity contribution in [1.29, 1.82) is 0 Å². The van der Waals surface area contributed by atoms with Gasteiger partial charge in [0, 0.05) is 14.2 Å². The maximum atomic E-state index is 12.3. The minimum Gasteiger partial charge on any atom is -0.465 e. The maximum Gasteiger partial charge on any atom is 0.311 e. The van der Waals surface area contributed by atoms with Crippen LogP contribution in [0, 0.1) is 17.3 Å². The van der Waals surface area contributed by atoms with E-state index in [4.69, 9.17) is 18.6 Å². The molecular weight excluding hydrogens is 497 g/mol. The fraction of sp³-hybridized carbons (Fsp3) is 0.963. The molecule has 208 valence electrons. The van der Waals surface area contributed by atoms with Gasteiger partial charge in [-0.2, -0.15) is 0 Å². The highest BCUT2D eigenvalue weighted by Gasteiger charge is 2.44. The Labute approximate surface area is 226 Å². The monoisotopic (exact) mass is 550 g/mol. The van der Waals surface area contributed by atoms with E-state index in [-0.39, 0.29) is 35.2 Å². The van der Waals surface area contributed by atoms with Gasteiger partial charge in [-0.3, -0.25) is 4.79 Å². The summed E-state index contributed by atoms with van der Waals surface area (Å²) in [6.07, 6.45) is 2.61. The molecule has 0 bridgehead atoms. The average Bonchev–Trinajstić information content (AvgIpc) is 2.77. The van der Waals surface area contributed by atoms with E-state index in [0.717, 1.165) is 12.8 Å². The van der Waals surface area contributed by atoms with Gasteiger partial charge in [0.1, 0.15) is 0 Å². The molecule has 0 N–H and O–H groups in total. The molecule has 1 rings (SSSR count). The second kappa shape index (κ2) is 14.4. The molecule has 1 aliphatic rings. The van der Waals surface area contributed by atoms with E-state index in [1.165, 1.54) is 17.9 Å². The first-order valence-electron chi connectivity index (χ1n) is 13.2. The molecule has 0 aromatic heterocycles. The molecule has 0 spiro atoms. The summed E-state index contributed by atoms with van der Waals surface area (Å²) >= 11 is 4.17. The Morgan fingerprint density at radius 3 is 1.91 bits per heavy atom. The molecule has 1 saturated heterocycles. The molecule has 5 atom stereocenters. The van der Waals surface area contributed by atoms with E-state index < -0.39 is 13.7 Å². The van der Waals surface area contributed by atoms with Gasteiger partial charge in [0.2, 0.25) is 0 Å². The van der Waals surface area contributed by atoms with Crippen molar-refractivity contribution >= 4 is 37.8 Å². The van der Waals surface area contributed by atoms with Crippen LogP contribution in [0.5, 0.6) is 0 Å². The summed E-state index contributed by atoms with van der Waals surface area (Å²) in [7, 11) is 1.49. The SMILES string of the molecule is CO[C@@H](C[C@@H](C)COC(=O)C(C)(C)C)[C@@H](O[Si](C)(C)C(C)(C)C)[C@H](C[C@@H](C)C1SCCCS1)OC. The quantitative estimate of drug-likeness (QED) is 0.177. The fourth-order valence-corrected chi connectivity index (χ4v) is 8.30. The van der Waals surface area contributed by atoms with Gasteiger partial charge in [-0.15, -0.1) is 23.5 Å². The minimum atomic E-state index is -2.08. The average molecular weight is 551 g/mol. The van der Waals surface area contributed by atoms with Crippen molar-refractivity contribution in [3.8, 4) is 0 Å². The van der Waals surface area contributed by atoms with E-state index >= 15 is 0 Å². The number of carbonyl (C=O) groups is 1. The van der Waals surface area contributed by atoms with Crippen molar-refractivity contribution in [1.82, 2.24) is 0 Å². The lowest BCUT2D eigenvalue weighted by atomic mass is 9.93. The van der Waals surface area contributed by atoms with Crippen molar-refractivity contribution in [3.63, 3.8) is 0 Å². The van der Waals surface area contributed by atoms with E-state index in [1.807, 2.05) is 27.9 Å². The van der Waals surface area contributed by atoms with Crippen LogP contribution in [0.3, 0.4) is 0 Å². The molecule has 0 aliphatic carbocycles. The number of ether oxygens (including phenoxy) is 3. The second-order valence-corrected chi connectivity index (χ2v) is 20.3. The molecular formula is C27H54O5S2Si. The number of rotatable bonds is 13. The van der Waals surface area contributed by atoms with Crippen LogP contribution in [-0.2, 0) is 23.4 Å². The van der Waals surface area contributed by atoms with Crippen LogP contribution < -0.4 is 0 Å².